The molecule has 0 saturated carbocycles. The van der Waals surface area contributed by atoms with Crippen LogP contribution >= 0.6 is 0 Å². The fourth-order valence-corrected chi connectivity index (χ4v) is 2.85. The maximum Gasteiger partial charge on any atom is 0.294 e. The van der Waals surface area contributed by atoms with Gasteiger partial charge in [-0.15, -0.1) is 10.1 Å². The number of hydrogen-bond acceptors (Lipinski definition) is 7. The van der Waals surface area contributed by atoms with Crippen molar-refractivity contribution in [3.05, 3.63) is 56.7 Å². The smallest absolute Gasteiger partial charge is 0.294 e. The van der Waals surface area contributed by atoms with E-state index in [9.17, 15) is 20.0 Å². The number of hydrogen-bond donors (Lipinski definition) is 1. The maximum absolute atomic E-state index is 12.5. The Hall–Kier alpha value is -3.29. The summed E-state index contributed by atoms with van der Waals surface area (Å²) in [5.41, 5.74) is 0.432. The number of fused-ring (bicyclic) bond motifs is 2. The summed E-state index contributed by atoms with van der Waals surface area (Å²) < 4.78 is 11.4. The number of para-hydroxylation sites is 1. The Kier molecular flexibility index (Phi) is 5.75. The van der Waals surface area contributed by atoms with Gasteiger partial charge in [0, 0.05) is 12.1 Å². The normalized spacial score (nSPS) is 11.0. The first kappa shape index (κ1) is 18.5. The number of ether oxygens (including phenoxy) is 1. The lowest BCUT2D eigenvalue weighted by Gasteiger charge is -2.09. The highest BCUT2D eigenvalue weighted by Crippen LogP contribution is 2.30. The molecule has 8 heteroatoms. The summed E-state index contributed by atoms with van der Waals surface area (Å²) in [6, 6.07) is 9.86. The van der Waals surface area contributed by atoms with Crippen LogP contribution in [0.5, 0.6) is 11.5 Å². The number of unbranched alkanes of at least 4 members (excludes halogenated alkanes) is 3. The molecule has 1 N–H and O–H groups in total. The van der Waals surface area contributed by atoms with E-state index < -0.39 is 5.09 Å². The zero-order valence-corrected chi connectivity index (χ0v) is 14.6. The lowest BCUT2D eigenvalue weighted by atomic mass is 10.1. The van der Waals surface area contributed by atoms with Crippen LogP contribution in [0.15, 0.2) is 45.6 Å². The van der Waals surface area contributed by atoms with Crippen molar-refractivity contribution in [2.45, 2.75) is 25.7 Å². The third-order valence-corrected chi connectivity index (χ3v) is 4.14. The fraction of sp³-hybridized carbons (Fsp3) is 0.316. The maximum atomic E-state index is 12.5. The molecule has 0 aliphatic rings. The first-order valence-corrected chi connectivity index (χ1v) is 8.65. The molecule has 27 heavy (non-hydrogen) atoms. The molecule has 8 nitrogen and oxygen atoms in total. The van der Waals surface area contributed by atoms with Crippen molar-refractivity contribution in [2.75, 3.05) is 13.2 Å². The zero-order valence-electron chi connectivity index (χ0n) is 14.6. The van der Waals surface area contributed by atoms with Gasteiger partial charge in [-0.25, -0.2) is 0 Å². The van der Waals surface area contributed by atoms with Gasteiger partial charge in [0.15, 0.2) is 0 Å². The summed E-state index contributed by atoms with van der Waals surface area (Å²) in [6.07, 6.45) is 2.98. The van der Waals surface area contributed by atoms with E-state index >= 15 is 0 Å². The lowest BCUT2D eigenvalue weighted by Crippen LogP contribution is -2.04. The minimum Gasteiger partial charge on any atom is -0.507 e. The van der Waals surface area contributed by atoms with E-state index in [1.807, 2.05) is 0 Å². The summed E-state index contributed by atoms with van der Waals surface area (Å²) in [5.74, 6) is 0.231. The second kappa shape index (κ2) is 8.39. The van der Waals surface area contributed by atoms with Gasteiger partial charge >= 0.3 is 0 Å². The standard InChI is InChI=1S/C19H19NO7/c21-15-11-13(25-9-5-1-2-6-10-26-20(23)24)12-17-18(15)19(22)14-7-3-4-8-16(14)27-17/h3-4,7-8,11-12,21H,1-2,5-6,9-10H2. The summed E-state index contributed by atoms with van der Waals surface area (Å²) >= 11 is 0. The van der Waals surface area contributed by atoms with E-state index in [0.29, 0.717) is 29.7 Å². The number of phenolic OH excluding ortho intramolecular Hbond substituents is 1. The minimum atomic E-state index is -0.795. The molecule has 0 saturated heterocycles. The molecule has 0 fully saturated rings. The summed E-state index contributed by atoms with van der Waals surface area (Å²) in [6.45, 7) is 0.512. The molecule has 0 atom stereocenters. The average Bonchev–Trinajstić information content (AvgIpc) is 2.63. The molecular formula is C19H19NO7. The third-order valence-electron chi connectivity index (χ3n) is 4.14. The van der Waals surface area contributed by atoms with E-state index in [4.69, 9.17) is 9.15 Å². The van der Waals surface area contributed by atoms with Gasteiger partial charge in [-0.2, -0.15) is 0 Å². The predicted molar refractivity (Wildman–Crippen MR) is 98.6 cm³/mol. The molecule has 1 heterocycles. The van der Waals surface area contributed by atoms with Crippen LogP contribution in [0.4, 0.5) is 0 Å². The number of aromatic hydroxyl groups is 1. The zero-order chi connectivity index (χ0) is 19.2. The van der Waals surface area contributed by atoms with Crippen molar-refractivity contribution < 1.29 is 24.2 Å². The van der Waals surface area contributed by atoms with Crippen LogP contribution in [-0.4, -0.2) is 23.4 Å². The van der Waals surface area contributed by atoms with Crippen LogP contribution in [0.3, 0.4) is 0 Å². The van der Waals surface area contributed by atoms with Gasteiger partial charge < -0.3 is 19.1 Å². The number of phenols is 1. The van der Waals surface area contributed by atoms with Crippen molar-refractivity contribution in [1.29, 1.82) is 0 Å². The van der Waals surface area contributed by atoms with Crippen molar-refractivity contribution >= 4 is 21.9 Å². The van der Waals surface area contributed by atoms with Crippen LogP contribution in [0.2, 0.25) is 0 Å². The van der Waals surface area contributed by atoms with Gasteiger partial charge in [-0.3, -0.25) is 4.79 Å². The second-order valence-electron chi connectivity index (χ2n) is 6.06. The molecule has 0 radical (unpaired) electrons. The van der Waals surface area contributed by atoms with Crippen molar-refractivity contribution in [3.63, 3.8) is 0 Å². The van der Waals surface area contributed by atoms with Crippen LogP contribution in [0.1, 0.15) is 25.7 Å². The molecule has 3 rings (SSSR count). The molecule has 0 spiro atoms. The molecule has 142 valence electrons. The lowest BCUT2D eigenvalue weighted by molar-refractivity contribution is -0.757. The molecule has 0 bridgehead atoms. The fourth-order valence-electron chi connectivity index (χ4n) is 2.85. The summed E-state index contributed by atoms with van der Waals surface area (Å²) in [5, 5.41) is 20.0. The van der Waals surface area contributed by atoms with E-state index in [2.05, 4.69) is 4.84 Å². The monoisotopic (exact) mass is 373 g/mol. The van der Waals surface area contributed by atoms with Gasteiger partial charge in [0.25, 0.3) is 5.09 Å². The molecule has 1 aromatic heterocycles. The topological polar surface area (TPSA) is 112 Å². The van der Waals surface area contributed by atoms with Crippen LogP contribution in [0, 0.1) is 10.1 Å². The highest BCUT2D eigenvalue weighted by molar-refractivity contribution is 5.93. The molecule has 0 aliphatic carbocycles. The third kappa shape index (κ3) is 4.46. The minimum absolute atomic E-state index is 0.0966. The molecule has 3 aromatic rings. The van der Waals surface area contributed by atoms with E-state index in [-0.39, 0.29) is 28.8 Å². The van der Waals surface area contributed by atoms with Crippen molar-refractivity contribution in [2.24, 2.45) is 0 Å². The Morgan fingerprint density at radius 3 is 2.56 bits per heavy atom. The molecule has 2 aromatic carbocycles. The van der Waals surface area contributed by atoms with Crippen molar-refractivity contribution in [3.8, 4) is 11.5 Å². The van der Waals surface area contributed by atoms with E-state index in [0.717, 1.165) is 19.3 Å². The summed E-state index contributed by atoms with van der Waals surface area (Å²) in [4.78, 5) is 26.8. The van der Waals surface area contributed by atoms with Crippen LogP contribution < -0.4 is 10.2 Å². The Morgan fingerprint density at radius 2 is 1.78 bits per heavy atom. The summed E-state index contributed by atoms with van der Waals surface area (Å²) in [7, 11) is 0. The highest BCUT2D eigenvalue weighted by Gasteiger charge is 2.13. The Bertz CT molecular complexity index is 1010. The largest absolute Gasteiger partial charge is 0.507 e. The number of rotatable bonds is 9. The van der Waals surface area contributed by atoms with Gasteiger partial charge in [-0.05, 0) is 25.0 Å². The van der Waals surface area contributed by atoms with Crippen molar-refractivity contribution in [1.82, 2.24) is 0 Å². The van der Waals surface area contributed by atoms with Gasteiger partial charge in [0.05, 0.1) is 18.6 Å². The van der Waals surface area contributed by atoms with Crippen LogP contribution in [-0.2, 0) is 4.84 Å². The molecule has 0 unspecified atom stereocenters. The average molecular weight is 373 g/mol. The van der Waals surface area contributed by atoms with Gasteiger partial charge in [-0.1, -0.05) is 25.0 Å². The Morgan fingerprint density at radius 1 is 1.04 bits per heavy atom. The predicted octanol–water partition coefficient (Wildman–Crippen LogP) is 3.80. The number of benzene rings is 2. The molecular weight excluding hydrogens is 354 g/mol. The first-order chi connectivity index (χ1) is 13.1. The molecule has 0 aliphatic heterocycles. The second-order valence-corrected chi connectivity index (χ2v) is 6.06. The van der Waals surface area contributed by atoms with E-state index in [1.165, 1.54) is 6.07 Å². The van der Waals surface area contributed by atoms with Gasteiger partial charge in [0.1, 0.15) is 28.1 Å². The Balaban J connectivity index is 1.62. The molecule has 0 amide bonds. The SMILES string of the molecule is O=c1c2ccccc2oc2cc(OCCCCCCO[N+](=O)[O-])cc(O)c12. The Labute approximate surface area is 154 Å². The quantitative estimate of drug-likeness (QED) is 0.263. The van der Waals surface area contributed by atoms with Gasteiger partial charge in [0.2, 0.25) is 5.43 Å². The van der Waals surface area contributed by atoms with Crippen LogP contribution in [0.25, 0.3) is 21.9 Å². The van der Waals surface area contributed by atoms with E-state index in [1.54, 1.807) is 30.3 Å². The highest BCUT2D eigenvalue weighted by atomic mass is 16.9. The first-order valence-electron chi connectivity index (χ1n) is 8.65. The number of nitrogens with zero attached hydrogens (tertiary/aromatic N) is 1.